The third-order valence-corrected chi connectivity index (χ3v) is 3.47. The highest BCUT2D eigenvalue weighted by Gasteiger charge is 2.14. The molecule has 0 saturated carbocycles. The monoisotopic (exact) mass is 313 g/mol. The number of pyridine rings is 1. The van der Waals surface area contributed by atoms with E-state index in [1.807, 2.05) is 24.3 Å². The number of hydrogen-bond donors (Lipinski definition) is 2. The minimum atomic E-state index is -0.204. The molecule has 0 radical (unpaired) electrons. The standard InChI is InChI=1S/C17H19N3O3/c1-2-7-18-13-4-5-14(19-10-13)17(21)20-9-12-3-6-15-16(8-12)23-11-22-15/h3-6,8,10,18H,2,7,9,11H2,1H3,(H,20,21). The highest BCUT2D eigenvalue weighted by molar-refractivity contribution is 5.92. The molecular weight excluding hydrogens is 294 g/mol. The Labute approximate surface area is 134 Å². The molecule has 0 bridgehead atoms. The third kappa shape index (κ3) is 3.71. The van der Waals surface area contributed by atoms with E-state index >= 15 is 0 Å². The zero-order chi connectivity index (χ0) is 16.1. The fraction of sp³-hybridized carbons (Fsp3) is 0.294. The molecule has 6 nitrogen and oxygen atoms in total. The first-order chi connectivity index (χ1) is 11.3. The Bertz CT molecular complexity index is 686. The molecule has 120 valence electrons. The Balaban J connectivity index is 1.56. The fourth-order valence-corrected chi connectivity index (χ4v) is 2.23. The summed E-state index contributed by atoms with van der Waals surface area (Å²) in [7, 11) is 0. The van der Waals surface area contributed by atoms with Gasteiger partial charge in [-0.3, -0.25) is 4.79 Å². The van der Waals surface area contributed by atoms with Gasteiger partial charge in [0.1, 0.15) is 5.69 Å². The lowest BCUT2D eigenvalue weighted by atomic mass is 10.2. The van der Waals surface area contributed by atoms with E-state index in [0.717, 1.165) is 30.0 Å². The number of carbonyl (C=O) groups is 1. The number of amides is 1. The van der Waals surface area contributed by atoms with Gasteiger partial charge in [0.25, 0.3) is 5.91 Å². The van der Waals surface area contributed by atoms with E-state index in [1.54, 1.807) is 12.3 Å². The molecule has 2 heterocycles. The van der Waals surface area contributed by atoms with Crippen LogP contribution in [-0.4, -0.2) is 24.2 Å². The zero-order valence-corrected chi connectivity index (χ0v) is 13.0. The molecule has 6 heteroatoms. The van der Waals surface area contributed by atoms with E-state index in [-0.39, 0.29) is 12.7 Å². The number of ether oxygens (including phenoxy) is 2. The van der Waals surface area contributed by atoms with Crippen molar-refractivity contribution in [3.8, 4) is 11.5 Å². The minimum Gasteiger partial charge on any atom is -0.454 e. The summed E-state index contributed by atoms with van der Waals surface area (Å²) in [5, 5.41) is 6.07. The normalized spacial score (nSPS) is 12.0. The van der Waals surface area contributed by atoms with Gasteiger partial charge >= 0.3 is 0 Å². The lowest BCUT2D eigenvalue weighted by Gasteiger charge is -2.07. The molecule has 23 heavy (non-hydrogen) atoms. The Morgan fingerprint density at radius 3 is 2.87 bits per heavy atom. The van der Waals surface area contributed by atoms with Crippen LogP contribution in [0.2, 0.25) is 0 Å². The predicted molar refractivity (Wildman–Crippen MR) is 86.8 cm³/mol. The first-order valence-corrected chi connectivity index (χ1v) is 7.63. The minimum absolute atomic E-state index is 0.204. The van der Waals surface area contributed by atoms with Gasteiger partial charge < -0.3 is 20.1 Å². The Hall–Kier alpha value is -2.76. The summed E-state index contributed by atoms with van der Waals surface area (Å²) in [6.07, 6.45) is 2.71. The van der Waals surface area contributed by atoms with E-state index in [1.165, 1.54) is 0 Å². The Kier molecular flexibility index (Phi) is 4.61. The number of nitrogens with zero attached hydrogens (tertiary/aromatic N) is 1. The van der Waals surface area contributed by atoms with Gasteiger partial charge in [0.15, 0.2) is 11.5 Å². The molecule has 0 spiro atoms. The van der Waals surface area contributed by atoms with E-state index < -0.39 is 0 Å². The molecule has 1 aromatic heterocycles. The van der Waals surface area contributed by atoms with Crippen LogP contribution < -0.4 is 20.1 Å². The molecule has 3 rings (SSSR count). The molecule has 0 saturated heterocycles. The van der Waals surface area contributed by atoms with Crippen LogP contribution in [0.1, 0.15) is 29.4 Å². The summed E-state index contributed by atoms with van der Waals surface area (Å²) >= 11 is 0. The number of carbonyl (C=O) groups excluding carboxylic acids is 1. The number of nitrogens with one attached hydrogen (secondary N) is 2. The molecule has 0 atom stereocenters. The molecule has 2 N–H and O–H groups in total. The molecule has 2 aromatic rings. The van der Waals surface area contributed by atoms with Crippen molar-refractivity contribution in [2.45, 2.75) is 19.9 Å². The largest absolute Gasteiger partial charge is 0.454 e. The quantitative estimate of drug-likeness (QED) is 0.857. The molecule has 0 aliphatic carbocycles. The molecule has 0 fully saturated rings. The summed E-state index contributed by atoms with van der Waals surface area (Å²) < 4.78 is 10.6. The summed E-state index contributed by atoms with van der Waals surface area (Å²) in [5.41, 5.74) is 2.26. The average molecular weight is 313 g/mol. The van der Waals surface area contributed by atoms with Crippen LogP contribution in [-0.2, 0) is 6.54 Å². The van der Waals surface area contributed by atoms with Crippen molar-refractivity contribution in [2.24, 2.45) is 0 Å². The third-order valence-electron chi connectivity index (χ3n) is 3.47. The lowest BCUT2D eigenvalue weighted by molar-refractivity contribution is 0.0946. The Morgan fingerprint density at radius 2 is 2.09 bits per heavy atom. The second-order valence-electron chi connectivity index (χ2n) is 5.23. The predicted octanol–water partition coefficient (Wildman–Crippen LogP) is 2.56. The van der Waals surface area contributed by atoms with Gasteiger partial charge in [-0.1, -0.05) is 13.0 Å². The van der Waals surface area contributed by atoms with Crippen LogP contribution in [0, 0.1) is 0 Å². The highest BCUT2D eigenvalue weighted by atomic mass is 16.7. The molecule has 1 aromatic carbocycles. The zero-order valence-electron chi connectivity index (χ0n) is 13.0. The van der Waals surface area contributed by atoms with Gasteiger partial charge in [0.05, 0.1) is 11.9 Å². The average Bonchev–Trinajstić information content (AvgIpc) is 3.06. The maximum absolute atomic E-state index is 12.1. The van der Waals surface area contributed by atoms with Crippen LogP contribution >= 0.6 is 0 Å². The molecular formula is C17H19N3O3. The van der Waals surface area contributed by atoms with Gasteiger partial charge in [0.2, 0.25) is 6.79 Å². The van der Waals surface area contributed by atoms with Crippen LogP contribution in [0.3, 0.4) is 0 Å². The van der Waals surface area contributed by atoms with Crippen molar-refractivity contribution >= 4 is 11.6 Å². The molecule has 1 amide bonds. The fourth-order valence-electron chi connectivity index (χ4n) is 2.23. The summed E-state index contributed by atoms with van der Waals surface area (Å²) in [5.74, 6) is 1.24. The first kappa shape index (κ1) is 15.1. The number of fused-ring (bicyclic) bond motifs is 1. The maximum Gasteiger partial charge on any atom is 0.270 e. The topological polar surface area (TPSA) is 72.5 Å². The summed E-state index contributed by atoms with van der Waals surface area (Å²) in [4.78, 5) is 16.3. The van der Waals surface area contributed by atoms with Gasteiger partial charge in [0, 0.05) is 13.1 Å². The van der Waals surface area contributed by atoms with Gasteiger partial charge in [-0.2, -0.15) is 0 Å². The van der Waals surface area contributed by atoms with Crippen LogP contribution in [0.25, 0.3) is 0 Å². The molecule has 1 aliphatic rings. The second-order valence-corrected chi connectivity index (χ2v) is 5.23. The van der Waals surface area contributed by atoms with Crippen molar-refractivity contribution in [1.29, 1.82) is 0 Å². The number of rotatable bonds is 6. The van der Waals surface area contributed by atoms with Crippen molar-refractivity contribution in [1.82, 2.24) is 10.3 Å². The number of benzene rings is 1. The van der Waals surface area contributed by atoms with Crippen LogP contribution in [0.4, 0.5) is 5.69 Å². The van der Waals surface area contributed by atoms with E-state index in [0.29, 0.717) is 18.0 Å². The first-order valence-electron chi connectivity index (χ1n) is 7.63. The van der Waals surface area contributed by atoms with Crippen molar-refractivity contribution in [3.05, 3.63) is 47.8 Å². The number of hydrogen-bond acceptors (Lipinski definition) is 5. The van der Waals surface area contributed by atoms with Gasteiger partial charge in [-0.05, 0) is 36.2 Å². The van der Waals surface area contributed by atoms with E-state index in [9.17, 15) is 4.79 Å². The number of anilines is 1. The molecule has 0 unspecified atom stereocenters. The summed E-state index contributed by atoms with van der Waals surface area (Å²) in [6.45, 7) is 3.64. The maximum atomic E-state index is 12.1. The van der Waals surface area contributed by atoms with Crippen molar-refractivity contribution in [3.63, 3.8) is 0 Å². The van der Waals surface area contributed by atoms with Gasteiger partial charge in [-0.25, -0.2) is 4.98 Å². The lowest BCUT2D eigenvalue weighted by Crippen LogP contribution is -2.23. The van der Waals surface area contributed by atoms with Crippen molar-refractivity contribution in [2.75, 3.05) is 18.7 Å². The summed E-state index contributed by atoms with van der Waals surface area (Å²) in [6, 6.07) is 9.19. The number of aromatic nitrogens is 1. The van der Waals surface area contributed by atoms with Gasteiger partial charge in [-0.15, -0.1) is 0 Å². The van der Waals surface area contributed by atoms with E-state index in [4.69, 9.17) is 9.47 Å². The molecule has 1 aliphatic heterocycles. The second kappa shape index (κ2) is 7.00. The van der Waals surface area contributed by atoms with Crippen LogP contribution in [0.15, 0.2) is 36.5 Å². The SMILES string of the molecule is CCCNc1ccc(C(=O)NCc2ccc3c(c2)OCO3)nc1. The highest BCUT2D eigenvalue weighted by Crippen LogP contribution is 2.32. The van der Waals surface area contributed by atoms with Crippen LogP contribution in [0.5, 0.6) is 11.5 Å². The van der Waals surface area contributed by atoms with Crippen molar-refractivity contribution < 1.29 is 14.3 Å². The van der Waals surface area contributed by atoms with E-state index in [2.05, 4.69) is 22.5 Å². The Morgan fingerprint density at radius 1 is 1.22 bits per heavy atom. The smallest absolute Gasteiger partial charge is 0.270 e.